The van der Waals surface area contributed by atoms with Crippen molar-refractivity contribution in [1.29, 1.82) is 0 Å². The minimum absolute atomic E-state index is 0.0196. The molecule has 2 heterocycles. The van der Waals surface area contributed by atoms with Crippen LogP contribution in [0.25, 0.3) is 22.1 Å². The van der Waals surface area contributed by atoms with Crippen molar-refractivity contribution >= 4 is 39.7 Å². The predicted molar refractivity (Wildman–Crippen MR) is 118 cm³/mol. The van der Waals surface area contributed by atoms with Gasteiger partial charge in [-0.05, 0) is 52.0 Å². The number of carbonyl (C=O) groups excluding carboxylic acids is 1. The standard InChI is InChI=1S/C22H27N5OS/c1-3-27-18-12-8-7-11-17(18)19-20(27)24-22(26-25-19)29-15(2)21(28)23-14-13-16-9-5-4-6-10-16/h7-9,11-12,15H,3-6,10,13-14H2,1-2H3,(H,23,28)/t15-/m0/s1. The highest BCUT2D eigenvalue weighted by atomic mass is 32.2. The van der Waals surface area contributed by atoms with Crippen LogP contribution in [0.3, 0.4) is 0 Å². The largest absolute Gasteiger partial charge is 0.355 e. The monoisotopic (exact) mass is 409 g/mol. The summed E-state index contributed by atoms with van der Waals surface area (Å²) in [7, 11) is 0. The summed E-state index contributed by atoms with van der Waals surface area (Å²) >= 11 is 1.36. The number of nitrogens with zero attached hydrogens (tertiary/aromatic N) is 4. The highest BCUT2D eigenvalue weighted by molar-refractivity contribution is 8.00. The molecule has 0 spiro atoms. The molecule has 2 aromatic heterocycles. The van der Waals surface area contributed by atoms with Crippen molar-refractivity contribution in [1.82, 2.24) is 25.1 Å². The minimum atomic E-state index is -0.269. The van der Waals surface area contributed by atoms with E-state index in [9.17, 15) is 4.79 Å². The van der Waals surface area contributed by atoms with Gasteiger partial charge in [-0.3, -0.25) is 4.79 Å². The normalized spacial score (nSPS) is 15.4. The number of fused-ring (bicyclic) bond motifs is 3. The molecule has 3 aromatic rings. The fourth-order valence-electron chi connectivity index (χ4n) is 3.89. The Morgan fingerprint density at radius 2 is 2.14 bits per heavy atom. The summed E-state index contributed by atoms with van der Waals surface area (Å²) in [5.41, 5.74) is 4.21. The zero-order chi connectivity index (χ0) is 20.2. The number of para-hydroxylation sites is 1. The zero-order valence-corrected chi connectivity index (χ0v) is 17.8. The summed E-state index contributed by atoms with van der Waals surface area (Å²) in [5.74, 6) is 0.0196. The van der Waals surface area contributed by atoms with Crippen LogP contribution in [-0.4, -0.2) is 37.5 Å². The maximum atomic E-state index is 12.5. The number of hydrogen-bond acceptors (Lipinski definition) is 5. The quantitative estimate of drug-likeness (QED) is 0.460. The number of nitrogens with one attached hydrogen (secondary N) is 1. The van der Waals surface area contributed by atoms with Crippen LogP contribution < -0.4 is 5.32 Å². The molecule has 0 saturated carbocycles. The zero-order valence-electron chi connectivity index (χ0n) is 17.0. The Bertz CT molecular complexity index is 1060. The van der Waals surface area contributed by atoms with Crippen LogP contribution in [0.15, 0.2) is 41.1 Å². The number of aromatic nitrogens is 4. The van der Waals surface area contributed by atoms with Gasteiger partial charge in [-0.25, -0.2) is 4.98 Å². The fraction of sp³-hybridized carbons (Fsp3) is 0.455. The van der Waals surface area contributed by atoms with E-state index in [0.717, 1.165) is 35.0 Å². The summed E-state index contributed by atoms with van der Waals surface area (Å²) in [5, 5.41) is 13.1. The van der Waals surface area contributed by atoms with Gasteiger partial charge >= 0.3 is 0 Å². The summed E-state index contributed by atoms with van der Waals surface area (Å²) in [4.78, 5) is 17.2. The second-order valence-electron chi connectivity index (χ2n) is 7.44. The SMILES string of the molecule is CCn1c2ccccc2c2nnc(S[C@@H](C)C(=O)NCCC3=CCCCC3)nc21. The summed E-state index contributed by atoms with van der Waals surface area (Å²) < 4.78 is 2.14. The molecule has 0 aliphatic heterocycles. The molecule has 0 fully saturated rings. The fourth-order valence-corrected chi connectivity index (χ4v) is 4.63. The first kappa shape index (κ1) is 19.9. The number of rotatable bonds is 7. The Balaban J connectivity index is 1.43. The van der Waals surface area contributed by atoms with Gasteiger partial charge in [0, 0.05) is 18.5 Å². The van der Waals surface area contributed by atoms with Gasteiger partial charge in [0.1, 0.15) is 5.52 Å². The molecule has 1 aliphatic rings. The van der Waals surface area contributed by atoms with Crippen molar-refractivity contribution < 1.29 is 4.79 Å². The van der Waals surface area contributed by atoms with E-state index in [1.54, 1.807) is 0 Å². The molecule has 152 valence electrons. The molecule has 4 rings (SSSR count). The third-order valence-electron chi connectivity index (χ3n) is 5.45. The number of allylic oxidation sites excluding steroid dienone is 1. The molecule has 6 nitrogen and oxygen atoms in total. The third kappa shape index (κ3) is 4.29. The first-order valence-corrected chi connectivity index (χ1v) is 11.3. The van der Waals surface area contributed by atoms with E-state index in [1.807, 2.05) is 25.1 Å². The Hall–Kier alpha value is -2.41. The van der Waals surface area contributed by atoms with E-state index >= 15 is 0 Å². The topological polar surface area (TPSA) is 72.7 Å². The molecule has 1 aliphatic carbocycles. The average Bonchev–Trinajstić information content (AvgIpc) is 3.07. The van der Waals surface area contributed by atoms with E-state index in [0.29, 0.717) is 11.7 Å². The lowest BCUT2D eigenvalue weighted by Gasteiger charge is -2.14. The molecule has 0 radical (unpaired) electrons. The Labute approximate surface area is 175 Å². The van der Waals surface area contributed by atoms with Gasteiger partial charge in [0.05, 0.1) is 10.8 Å². The number of amides is 1. The second kappa shape index (κ2) is 8.95. The number of hydrogen-bond donors (Lipinski definition) is 1. The third-order valence-corrected chi connectivity index (χ3v) is 6.40. The van der Waals surface area contributed by atoms with Gasteiger partial charge in [-0.2, -0.15) is 0 Å². The van der Waals surface area contributed by atoms with Gasteiger partial charge < -0.3 is 9.88 Å². The first-order chi connectivity index (χ1) is 14.2. The predicted octanol–water partition coefficient (Wildman–Crippen LogP) is 4.49. The molecule has 1 N–H and O–H groups in total. The Morgan fingerprint density at radius 1 is 1.28 bits per heavy atom. The van der Waals surface area contributed by atoms with E-state index in [4.69, 9.17) is 4.98 Å². The molecule has 7 heteroatoms. The van der Waals surface area contributed by atoms with Gasteiger partial charge in [0.25, 0.3) is 0 Å². The molecule has 29 heavy (non-hydrogen) atoms. The maximum absolute atomic E-state index is 12.5. The molecule has 0 bridgehead atoms. The lowest BCUT2D eigenvalue weighted by molar-refractivity contribution is -0.120. The Kier molecular flexibility index (Phi) is 6.13. The van der Waals surface area contributed by atoms with Gasteiger partial charge in [-0.15, -0.1) is 10.2 Å². The molecular formula is C22H27N5OS. The van der Waals surface area contributed by atoms with Gasteiger partial charge in [-0.1, -0.05) is 41.6 Å². The highest BCUT2D eigenvalue weighted by Crippen LogP contribution is 2.28. The van der Waals surface area contributed by atoms with Crippen LogP contribution in [0, 0.1) is 0 Å². The first-order valence-electron chi connectivity index (χ1n) is 10.4. The van der Waals surface area contributed by atoms with Crippen molar-refractivity contribution in [3.05, 3.63) is 35.9 Å². The molecule has 1 aromatic carbocycles. The Morgan fingerprint density at radius 3 is 2.93 bits per heavy atom. The number of thioether (sulfide) groups is 1. The smallest absolute Gasteiger partial charge is 0.233 e. The molecule has 0 saturated heterocycles. The van der Waals surface area contributed by atoms with Crippen LogP contribution in [0.5, 0.6) is 0 Å². The van der Waals surface area contributed by atoms with E-state index in [-0.39, 0.29) is 11.2 Å². The van der Waals surface area contributed by atoms with E-state index in [1.165, 1.54) is 43.0 Å². The van der Waals surface area contributed by atoms with Crippen molar-refractivity contribution in [3.8, 4) is 0 Å². The maximum Gasteiger partial charge on any atom is 0.233 e. The van der Waals surface area contributed by atoms with Gasteiger partial charge in [0.2, 0.25) is 11.1 Å². The molecule has 0 unspecified atom stereocenters. The summed E-state index contributed by atoms with van der Waals surface area (Å²) in [6.45, 7) is 5.48. The lowest BCUT2D eigenvalue weighted by atomic mass is 9.97. The van der Waals surface area contributed by atoms with Crippen molar-refractivity contribution in [2.24, 2.45) is 0 Å². The summed E-state index contributed by atoms with van der Waals surface area (Å²) in [6, 6.07) is 8.14. The lowest BCUT2D eigenvalue weighted by Crippen LogP contribution is -2.32. The van der Waals surface area contributed by atoms with Gasteiger partial charge in [0.15, 0.2) is 5.65 Å². The highest BCUT2D eigenvalue weighted by Gasteiger charge is 2.19. The molecule has 1 atom stereocenters. The van der Waals surface area contributed by atoms with E-state index < -0.39 is 0 Å². The number of benzene rings is 1. The number of aryl methyl sites for hydroxylation is 1. The average molecular weight is 410 g/mol. The summed E-state index contributed by atoms with van der Waals surface area (Å²) in [6.07, 6.45) is 8.19. The van der Waals surface area contributed by atoms with Crippen molar-refractivity contribution in [2.45, 2.75) is 62.9 Å². The van der Waals surface area contributed by atoms with Crippen molar-refractivity contribution in [2.75, 3.05) is 6.54 Å². The molecule has 1 amide bonds. The van der Waals surface area contributed by atoms with Crippen LogP contribution in [-0.2, 0) is 11.3 Å². The van der Waals surface area contributed by atoms with Crippen LogP contribution in [0.4, 0.5) is 0 Å². The molecular weight excluding hydrogens is 382 g/mol. The second-order valence-corrected chi connectivity index (χ2v) is 8.75. The van der Waals surface area contributed by atoms with Crippen LogP contribution in [0.2, 0.25) is 0 Å². The minimum Gasteiger partial charge on any atom is -0.355 e. The van der Waals surface area contributed by atoms with Crippen molar-refractivity contribution in [3.63, 3.8) is 0 Å². The van der Waals surface area contributed by atoms with Crippen LogP contribution in [0.1, 0.15) is 46.0 Å². The number of carbonyl (C=O) groups is 1. The van der Waals surface area contributed by atoms with Crippen LogP contribution >= 0.6 is 11.8 Å². The van der Waals surface area contributed by atoms with E-state index in [2.05, 4.69) is 39.1 Å².